The van der Waals surface area contributed by atoms with Crippen molar-refractivity contribution in [2.45, 2.75) is 6.42 Å². The van der Waals surface area contributed by atoms with E-state index in [0.29, 0.717) is 24.5 Å². The normalized spacial score (nSPS) is 11.2. The first kappa shape index (κ1) is 22.9. The van der Waals surface area contributed by atoms with Crippen LogP contribution in [0.5, 0.6) is 5.88 Å². The number of methoxy groups -OCH3 is 1. The topological polar surface area (TPSA) is 69.0 Å². The number of fused-ring (bicyclic) bond motifs is 3. The number of thiophene rings is 1. The summed E-state index contributed by atoms with van der Waals surface area (Å²) in [5, 5.41) is 5.54. The molecule has 6 aromatic rings. The lowest BCUT2D eigenvalue weighted by Crippen LogP contribution is -2.27. The first-order valence-corrected chi connectivity index (χ1v) is 12.8. The van der Waals surface area contributed by atoms with Crippen LogP contribution >= 0.6 is 11.3 Å². The highest BCUT2D eigenvalue weighted by molar-refractivity contribution is 7.26. The maximum atomic E-state index is 13.0. The van der Waals surface area contributed by atoms with Gasteiger partial charge in [0.2, 0.25) is 5.88 Å². The standard InChI is InChI=1S/C30H24N4O2S/c1-36-28-13-12-20(17-33-28)14-15-32-30(35)26-18-31-19-34(26)22-7-4-6-21(16-22)23-9-5-10-25-24-8-2-3-11-27(24)37-29(23)25/h2-13,16-19H,14-15H2,1H3,(H,32,35). The first-order chi connectivity index (χ1) is 18.2. The fourth-order valence-electron chi connectivity index (χ4n) is 4.56. The van der Waals surface area contributed by atoms with Gasteiger partial charge in [-0.15, -0.1) is 11.3 Å². The molecule has 0 fully saturated rings. The molecule has 0 bridgehead atoms. The maximum absolute atomic E-state index is 13.0. The molecule has 1 N–H and O–H groups in total. The van der Waals surface area contributed by atoms with Crippen molar-refractivity contribution in [2.75, 3.05) is 13.7 Å². The summed E-state index contributed by atoms with van der Waals surface area (Å²) in [5.41, 5.74) is 4.68. The molecule has 3 aromatic carbocycles. The van der Waals surface area contributed by atoms with Gasteiger partial charge in [-0.25, -0.2) is 9.97 Å². The number of nitrogens with zero attached hydrogens (tertiary/aromatic N) is 3. The summed E-state index contributed by atoms with van der Waals surface area (Å²) in [6.07, 6.45) is 5.72. The fourth-order valence-corrected chi connectivity index (χ4v) is 5.80. The van der Waals surface area contributed by atoms with Crippen molar-refractivity contribution < 1.29 is 9.53 Å². The van der Waals surface area contributed by atoms with E-state index in [1.807, 2.05) is 40.2 Å². The quantitative estimate of drug-likeness (QED) is 0.278. The van der Waals surface area contributed by atoms with Gasteiger partial charge in [0.25, 0.3) is 5.91 Å². The zero-order valence-corrected chi connectivity index (χ0v) is 21.0. The van der Waals surface area contributed by atoms with E-state index in [2.05, 4.69) is 69.9 Å². The number of ether oxygens (including phenoxy) is 1. The number of carbonyl (C=O) groups excluding carboxylic acids is 1. The molecule has 0 saturated heterocycles. The number of hydrogen-bond donors (Lipinski definition) is 1. The molecule has 37 heavy (non-hydrogen) atoms. The van der Waals surface area contributed by atoms with Crippen molar-refractivity contribution in [1.82, 2.24) is 19.9 Å². The number of aromatic nitrogens is 3. The van der Waals surface area contributed by atoms with E-state index >= 15 is 0 Å². The van der Waals surface area contributed by atoms with Crippen LogP contribution in [0, 0.1) is 0 Å². The minimum absolute atomic E-state index is 0.170. The average molecular weight is 505 g/mol. The van der Waals surface area contributed by atoms with Gasteiger partial charge in [0.05, 0.1) is 19.6 Å². The zero-order valence-electron chi connectivity index (χ0n) is 20.2. The number of imidazole rings is 1. The lowest BCUT2D eigenvalue weighted by molar-refractivity contribution is 0.0947. The summed E-state index contributed by atoms with van der Waals surface area (Å²) in [4.78, 5) is 21.5. The molecular formula is C30H24N4O2S. The summed E-state index contributed by atoms with van der Waals surface area (Å²) >= 11 is 1.81. The summed E-state index contributed by atoms with van der Waals surface area (Å²) in [6.45, 7) is 0.492. The summed E-state index contributed by atoms with van der Waals surface area (Å²) in [6, 6.07) is 27.0. The van der Waals surface area contributed by atoms with Gasteiger partial charge in [-0.1, -0.05) is 54.6 Å². The summed E-state index contributed by atoms with van der Waals surface area (Å²) in [5.74, 6) is 0.401. The van der Waals surface area contributed by atoms with Crippen LogP contribution in [-0.4, -0.2) is 34.1 Å². The van der Waals surface area contributed by atoms with Crippen molar-refractivity contribution >= 4 is 37.4 Å². The number of carbonyl (C=O) groups is 1. The van der Waals surface area contributed by atoms with Crippen LogP contribution in [-0.2, 0) is 6.42 Å². The molecule has 182 valence electrons. The fraction of sp³-hybridized carbons (Fsp3) is 0.100. The van der Waals surface area contributed by atoms with Crippen LogP contribution in [0.3, 0.4) is 0 Å². The lowest BCUT2D eigenvalue weighted by atomic mass is 10.0. The first-order valence-electron chi connectivity index (χ1n) is 12.0. The van der Waals surface area contributed by atoms with Crippen LogP contribution in [0.15, 0.2) is 97.6 Å². The molecule has 1 amide bonds. The Morgan fingerprint density at radius 2 is 1.84 bits per heavy atom. The van der Waals surface area contributed by atoms with E-state index < -0.39 is 0 Å². The number of nitrogens with one attached hydrogen (secondary N) is 1. The largest absolute Gasteiger partial charge is 0.481 e. The third-order valence-corrected chi connectivity index (χ3v) is 7.64. The lowest BCUT2D eigenvalue weighted by Gasteiger charge is -2.11. The van der Waals surface area contributed by atoms with Gasteiger partial charge in [0.15, 0.2) is 0 Å². The molecule has 0 unspecified atom stereocenters. The number of benzene rings is 3. The molecular weight excluding hydrogens is 480 g/mol. The van der Waals surface area contributed by atoms with Crippen molar-refractivity contribution in [3.63, 3.8) is 0 Å². The molecule has 0 aliphatic rings. The molecule has 0 radical (unpaired) electrons. The smallest absolute Gasteiger partial charge is 0.269 e. The third kappa shape index (κ3) is 4.45. The third-order valence-electron chi connectivity index (χ3n) is 6.42. The van der Waals surface area contributed by atoms with E-state index in [1.165, 1.54) is 25.7 Å². The Morgan fingerprint density at radius 1 is 0.973 bits per heavy atom. The molecule has 6 rings (SSSR count). The van der Waals surface area contributed by atoms with Crippen molar-refractivity contribution in [3.05, 3.63) is 109 Å². The Labute approximate surface area is 218 Å². The second-order valence-electron chi connectivity index (χ2n) is 8.69. The van der Waals surface area contributed by atoms with Crippen LogP contribution in [0.1, 0.15) is 16.1 Å². The highest BCUT2D eigenvalue weighted by atomic mass is 32.1. The predicted molar refractivity (Wildman–Crippen MR) is 149 cm³/mol. The van der Waals surface area contributed by atoms with Crippen LogP contribution in [0.2, 0.25) is 0 Å². The van der Waals surface area contributed by atoms with Gasteiger partial charge < -0.3 is 10.1 Å². The number of hydrogen-bond acceptors (Lipinski definition) is 5. The Balaban J connectivity index is 1.25. The summed E-state index contributed by atoms with van der Waals surface area (Å²) in [7, 11) is 1.59. The minimum Gasteiger partial charge on any atom is -0.481 e. The van der Waals surface area contributed by atoms with Crippen molar-refractivity contribution in [3.8, 4) is 22.7 Å². The minimum atomic E-state index is -0.170. The highest BCUT2D eigenvalue weighted by Gasteiger charge is 2.15. The van der Waals surface area contributed by atoms with E-state index in [9.17, 15) is 4.79 Å². The van der Waals surface area contributed by atoms with Gasteiger partial charge >= 0.3 is 0 Å². The summed E-state index contributed by atoms with van der Waals surface area (Å²) < 4.78 is 9.47. The second-order valence-corrected chi connectivity index (χ2v) is 9.75. The van der Waals surface area contributed by atoms with E-state index in [4.69, 9.17) is 4.74 Å². The molecule has 0 atom stereocenters. The Morgan fingerprint density at radius 3 is 2.70 bits per heavy atom. The zero-order chi connectivity index (χ0) is 25.2. The molecule has 7 heteroatoms. The monoisotopic (exact) mass is 504 g/mol. The maximum Gasteiger partial charge on any atom is 0.269 e. The Bertz CT molecular complexity index is 1720. The van der Waals surface area contributed by atoms with E-state index in [0.717, 1.165) is 16.8 Å². The number of pyridine rings is 1. The Hall–Kier alpha value is -4.49. The molecule has 0 aliphatic heterocycles. The van der Waals surface area contributed by atoms with Gasteiger partial charge in [0, 0.05) is 44.7 Å². The van der Waals surface area contributed by atoms with Gasteiger partial charge in [-0.2, -0.15) is 0 Å². The van der Waals surface area contributed by atoms with E-state index in [1.54, 1.807) is 25.8 Å². The molecule has 0 saturated carbocycles. The molecule has 0 aliphatic carbocycles. The predicted octanol–water partition coefficient (Wildman–Crippen LogP) is 6.28. The van der Waals surface area contributed by atoms with Gasteiger partial charge in [0.1, 0.15) is 5.69 Å². The van der Waals surface area contributed by atoms with E-state index in [-0.39, 0.29) is 5.91 Å². The molecule has 3 heterocycles. The molecule has 0 spiro atoms. The number of amides is 1. The number of rotatable bonds is 7. The van der Waals surface area contributed by atoms with Gasteiger partial charge in [-0.05, 0) is 41.3 Å². The average Bonchev–Trinajstić information content (AvgIpc) is 3.59. The SMILES string of the molecule is COc1ccc(CCNC(=O)c2cncn2-c2cccc(-c3cccc4c3sc3ccccc34)c2)cn1. The van der Waals surface area contributed by atoms with Crippen molar-refractivity contribution in [1.29, 1.82) is 0 Å². The van der Waals surface area contributed by atoms with Crippen LogP contribution < -0.4 is 10.1 Å². The molecule has 3 aromatic heterocycles. The van der Waals surface area contributed by atoms with Crippen LogP contribution in [0.25, 0.3) is 37.0 Å². The van der Waals surface area contributed by atoms with Crippen LogP contribution in [0.4, 0.5) is 0 Å². The highest BCUT2D eigenvalue weighted by Crippen LogP contribution is 2.40. The molecule has 6 nitrogen and oxygen atoms in total. The van der Waals surface area contributed by atoms with Crippen molar-refractivity contribution in [2.24, 2.45) is 0 Å². The second kappa shape index (κ2) is 9.87. The van der Waals surface area contributed by atoms with Gasteiger partial charge in [-0.3, -0.25) is 9.36 Å². The Kier molecular flexibility index (Phi) is 6.12.